The minimum absolute atomic E-state index is 0.149. The molecule has 2 aliphatic rings. The van der Waals surface area contributed by atoms with E-state index in [1.807, 2.05) is 0 Å². The highest BCUT2D eigenvalue weighted by atomic mass is 15.2. The summed E-state index contributed by atoms with van der Waals surface area (Å²) in [4.78, 5) is 2.49. The molecular formula is C47H34N2. The highest BCUT2D eigenvalue weighted by molar-refractivity contribution is 6.30. The summed E-state index contributed by atoms with van der Waals surface area (Å²) in [5, 5.41) is 5.33. The first-order valence-corrected chi connectivity index (χ1v) is 17.2. The van der Waals surface area contributed by atoms with E-state index in [1.165, 1.54) is 83.0 Å². The fourth-order valence-corrected chi connectivity index (χ4v) is 8.40. The van der Waals surface area contributed by atoms with E-state index in [-0.39, 0.29) is 12.0 Å². The van der Waals surface area contributed by atoms with E-state index in [0.717, 1.165) is 0 Å². The predicted molar refractivity (Wildman–Crippen MR) is 208 cm³/mol. The van der Waals surface area contributed by atoms with Gasteiger partial charge in [-0.3, -0.25) is 0 Å². The van der Waals surface area contributed by atoms with E-state index in [9.17, 15) is 0 Å². The Kier molecular flexibility index (Phi) is 6.25. The molecular weight excluding hydrogens is 593 g/mol. The predicted octanol–water partition coefficient (Wildman–Crippen LogP) is 12.5. The molecule has 2 unspecified atom stereocenters. The molecule has 0 saturated carbocycles. The number of hydrogen-bond acceptors (Lipinski definition) is 1. The summed E-state index contributed by atoms with van der Waals surface area (Å²) in [5.41, 5.74) is 13.8. The van der Waals surface area contributed by atoms with Gasteiger partial charge < -0.3 is 9.47 Å². The number of hydrogen-bond donors (Lipinski definition) is 0. The van der Waals surface area contributed by atoms with Gasteiger partial charge in [0, 0.05) is 33.8 Å². The van der Waals surface area contributed by atoms with Crippen molar-refractivity contribution >= 4 is 49.7 Å². The van der Waals surface area contributed by atoms with Crippen molar-refractivity contribution in [2.75, 3.05) is 4.90 Å². The van der Waals surface area contributed by atoms with Crippen LogP contribution in [0.5, 0.6) is 0 Å². The smallest absolute Gasteiger partial charge is 0.0586 e. The minimum Gasteiger partial charge on any atom is -0.334 e. The van der Waals surface area contributed by atoms with Crippen LogP contribution in [-0.2, 0) is 0 Å². The standard InChI is InChI=1S/C47H34N2/c1-31-30-37(27-29-42(31)48(35-15-6-3-7-16-35)36-25-22-33(23-26-36)32-12-4-2-5-13-32)49-43-21-11-20-41-39-18-9-8-17-38(39)40-19-10-14-34-24-28-44(49)47(45(34)40)46(41)43/h2-31,42H,1H3. The van der Waals surface area contributed by atoms with Crippen LogP contribution in [0.2, 0.25) is 0 Å². The number of benzene rings is 7. The summed E-state index contributed by atoms with van der Waals surface area (Å²) in [5.74, 6) is 0.245. The Morgan fingerprint density at radius 3 is 1.80 bits per heavy atom. The second-order valence-electron chi connectivity index (χ2n) is 13.4. The molecule has 0 spiro atoms. The van der Waals surface area contributed by atoms with Crippen LogP contribution in [-0.4, -0.2) is 10.6 Å². The van der Waals surface area contributed by atoms with E-state index in [2.05, 4.69) is 192 Å². The van der Waals surface area contributed by atoms with E-state index in [1.54, 1.807) is 0 Å². The maximum Gasteiger partial charge on any atom is 0.0586 e. The molecule has 2 nitrogen and oxygen atoms in total. The highest BCUT2D eigenvalue weighted by Crippen LogP contribution is 2.50. The van der Waals surface area contributed by atoms with Crippen molar-refractivity contribution in [3.05, 3.63) is 176 Å². The van der Waals surface area contributed by atoms with Crippen molar-refractivity contribution in [2.45, 2.75) is 13.0 Å². The molecule has 2 atom stereocenters. The molecule has 8 aromatic rings. The van der Waals surface area contributed by atoms with Crippen LogP contribution in [0.4, 0.5) is 11.4 Å². The van der Waals surface area contributed by atoms with Gasteiger partial charge in [0.1, 0.15) is 0 Å². The van der Waals surface area contributed by atoms with Gasteiger partial charge in [0.15, 0.2) is 0 Å². The van der Waals surface area contributed by atoms with Crippen LogP contribution in [0.1, 0.15) is 6.92 Å². The van der Waals surface area contributed by atoms with Crippen molar-refractivity contribution < 1.29 is 0 Å². The number of para-hydroxylation sites is 1. The first-order chi connectivity index (χ1) is 24.2. The number of allylic oxidation sites excluding steroid dienone is 2. The van der Waals surface area contributed by atoms with Gasteiger partial charge in [-0.1, -0.05) is 140 Å². The van der Waals surface area contributed by atoms with E-state index < -0.39 is 0 Å². The Hall–Kier alpha value is -6.12. The summed E-state index contributed by atoms with van der Waals surface area (Å²) in [7, 11) is 0. The quantitative estimate of drug-likeness (QED) is 0.185. The number of fused-ring (bicyclic) bond motifs is 3. The average Bonchev–Trinajstić information content (AvgIpc) is 3.45. The SMILES string of the molecule is CC1C=C(n2c3cccc4c3c3c5c(cccc5ccc32)-c2ccccc2-4)C=CC1N(c1ccccc1)c1ccc(-c2ccccc2)cc1. The lowest BCUT2D eigenvalue weighted by atomic mass is 9.92. The summed E-state index contributed by atoms with van der Waals surface area (Å²) in [6, 6.07) is 57.7. The third-order valence-electron chi connectivity index (χ3n) is 10.6. The molecule has 0 radical (unpaired) electrons. The maximum atomic E-state index is 2.50. The number of nitrogens with zero attached hydrogens (tertiary/aromatic N) is 2. The molecule has 2 heteroatoms. The Bertz CT molecular complexity index is 2610. The van der Waals surface area contributed by atoms with E-state index >= 15 is 0 Å². The fourth-order valence-electron chi connectivity index (χ4n) is 8.40. The van der Waals surface area contributed by atoms with Crippen LogP contribution in [0.3, 0.4) is 0 Å². The van der Waals surface area contributed by atoms with E-state index in [4.69, 9.17) is 0 Å². The molecule has 232 valence electrons. The molecule has 0 amide bonds. The van der Waals surface area contributed by atoms with Gasteiger partial charge in [-0.2, -0.15) is 0 Å². The van der Waals surface area contributed by atoms with Gasteiger partial charge in [0.25, 0.3) is 0 Å². The molecule has 10 rings (SSSR count). The largest absolute Gasteiger partial charge is 0.334 e. The lowest BCUT2D eigenvalue weighted by molar-refractivity contribution is 0.609. The van der Waals surface area contributed by atoms with E-state index in [0.29, 0.717) is 0 Å². The lowest BCUT2D eigenvalue weighted by Gasteiger charge is -2.37. The van der Waals surface area contributed by atoms with Crippen molar-refractivity contribution in [1.82, 2.24) is 4.57 Å². The van der Waals surface area contributed by atoms with Crippen LogP contribution in [0, 0.1) is 5.92 Å². The third kappa shape index (κ3) is 4.27. The van der Waals surface area contributed by atoms with Gasteiger partial charge in [-0.25, -0.2) is 0 Å². The van der Waals surface area contributed by atoms with Crippen molar-refractivity contribution in [2.24, 2.45) is 5.92 Å². The van der Waals surface area contributed by atoms with Crippen molar-refractivity contribution in [1.29, 1.82) is 0 Å². The summed E-state index contributed by atoms with van der Waals surface area (Å²) in [6.07, 6.45) is 7.23. The zero-order chi connectivity index (χ0) is 32.5. The monoisotopic (exact) mass is 626 g/mol. The zero-order valence-corrected chi connectivity index (χ0v) is 27.3. The molecule has 0 N–H and O–H groups in total. The van der Waals surface area contributed by atoms with Gasteiger partial charge in [-0.05, 0) is 86.6 Å². The molecule has 49 heavy (non-hydrogen) atoms. The Morgan fingerprint density at radius 2 is 1.06 bits per heavy atom. The van der Waals surface area contributed by atoms with Crippen LogP contribution < -0.4 is 4.90 Å². The molecule has 1 aromatic heterocycles. The molecule has 0 fully saturated rings. The second kappa shape index (κ2) is 11.0. The molecule has 0 saturated heterocycles. The van der Waals surface area contributed by atoms with Gasteiger partial charge in [0.05, 0.1) is 17.1 Å². The van der Waals surface area contributed by atoms with Crippen molar-refractivity contribution in [3.63, 3.8) is 0 Å². The fraction of sp³-hybridized carbons (Fsp3) is 0.0638. The highest BCUT2D eigenvalue weighted by Gasteiger charge is 2.29. The first-order valence-electron chi connectivity index (χ1n) is 17.2. The van der Waals surface area contributed by atoms with Gasteiger partial charge in [-0.15, -0.1) is 0 Å². The van der Waals surface area contributed by atoms with Gasteiger partial charge in [0.2, 0.25) is 0 Å². The van der Waals surface area contributed by atoms with Crippen LogP contribution in [0.15, 0.2) is 176 Å². The molecule has 7 aromatic carbocycles. The lowest BCUT2D eigenvalue weighted by Crippen LogP contribution is -2.35. The summed E-state index contributed by atoms with van der Waals surface area (Å²) in [6.45, 7) is 2.36. The Morgan fingerprint density at radius 1 is 0.469 bits per heavy atom. The number of aromatic nitrogens is 1. The third-order valence-corrected chi connectivity index (χ3v) is 10.6. The minimum atomic E-state index is 0.149. The summed E-state index contributed by atoms with van der Waals surface area (Å²) >= 11 is 0. The Balaban J connectivity index is 1.12. The molecule has 0 aliphatic heterocycles. The maximum absolute atomic E-state index is 2.50. The topological polar surface area (TPSA) is 8.17 Å². The first kappa shape index (κ1) is 27.9. The zero-order valence-electron chi connectivity index (χ0n) is 27.3. The van der Waals surface area contributed by atoms with Crippen LogP contribution >= 0.6 is 0 Å². The molecule has 0 bridgehead atoms. The number of anilines is 2. The number of rotatable bonds is 5. The Labute approximate surface area is 286 Å². The molecule has 1 heterocycles. The van der Waals surface area contributed by atoms with Gasteiger partial charge >= 0.3 is 0 Å². The second-order valence-corrected chi connectivity index (χ2v) is 13.4. The van der Waals surface area contributed by atoms with Crippen LogP contribution in [0.25, 0.3) is 71.7 Å². The summed E-state index contributed by atoms with van der Waals surface area (Å²) < 4.78 is 2.50. The molecule has 2 aliphatic carbocycles. The normalized spacial score (nSPS) is 16.3. The van der Waals surface area contributed by atoms with Crippen molar-refractivity contribution in [3.8, 4) is 33.4 Å². The average molecular weight is 627 g/mol.